The number of aliphatic hydroxyl groups is 3. The molecule has 5 aliphatic rings. The first kappa shape index (κ1) is 39.0. The van der Waals surface area contributed by atoms with Gasteiger partial charge in [0.1, 0.15) is 11.5 Å². The van der Waals surface area contributed by atoms with Gasteiger partial charge >= 0.3 is 0 Å². The lowest BCUT2D eigenvalue weighted by atomic mass is 9.56. The van der Waals surface area contributed by atoms with E-state index in [4.69, 9.17) is 0 Å². The van der Waals surface area contributed by atoms with Crippen molar-refractivity contribution in [2.24, 2.45) is 65.1 Å². The molecule has 5 aliphatic carbocycles. The number of allylic oxidation sites excluding steroid dienone is 8. The van der Waals surface area contributed by atoms with Crippen molar-refractivity contribution in [3.05, 3.63) is 85.4 Å². The van der Waals surface area contributed by atoms with E-state index in [0.717, 1.165) is 53.5 Å². The van der Waals surface area contributed by atoms with Crippen LogP contribution in [0.3, 0.4) is 0 Å². The molecule has 4 N–H and O–H groups in total. The molecule has 286 valence electrons. The zero-order valence-corrected chi connectivity index (χ0v) is 34.5. The van der Waals surface area contributed by atoms with Gasteiger partial charge in [-0.3, -0.25) is 0 Å². The molecule has 7 unspecified atom stereocenters. The number of benzene rings is 1. The van der Waals surface area contributed by atoms with Gasteiger partial charge in [0.05, 0.1) is 11.9 Å². The molecule has 0 aromatic heterocycles. The predicted octanol–water partition coefficient (Wildman–Crippen LogP) is 12.3. The lowest BCUT2D eigenvalue weighted by Gasteiger charge is -2.49. The van der Waals surface area contributed by atoms with Crippen LogP contribution < -0.4 is 0 Å². The van der Waals surface area contributed by atoms with Gasteiger partial charge in [-0.05, 0) is 186 Å². The highest BCUT2D eigenvalue weighted by atomic mass is 16.3. The number of fused-ring (bicyclic) bond motifs is 1. The summed E-state index contributed by atoms with van der Waals surface area (Å²) >= 11 is 0. The summed E-state index contributed by atoms with van der Waals surface area (Å²) in [7, 11) is 0. The Hall–Kier alpha value is -2.72. The maximum atomic E-state index is 11.2. The fourth-order valence-electron chi connectivity index (χ4n) is 12.1. The summed E-state index contributed by atoms with van der Waals surface area (Å²) in [5.74, 6) is 5.79. The van der Waals surface area contributed by atoms with Crippen molar-refractivity contribution in [1.82, 2.24) is 0 Å². The summed E-state index contributed by atoms with van der Waals surface area (Å²) < 4.78 is 0. The highest BCUT2D eigenvalue weighted by molar-refractivity contribution is 5.52. The minimum absolute atomic E-state index is 0.140. The Kier molecular flexibility index (Phi) is 11.1. The third-order valence-corrected chi connectivity index (χ3v) is 16.0. The third-order valence-electron chi connectivity index (χ3n) is 16.0. The molecule has 0 amide bonds. The average Bonchev–Trinajstić information content (AvgIpc) is 3.12. The lowest BCUT2D eigenvalue weighted by Crippen LogP contribution is -2.41. The van der Waals surface area contributed by atoms with Crippen LogP contribution in [0.4, 0.5) is 0 Å². The van der Waals surface area contributed by atoms with Crippen molar-refractivity contribution in [2.75, 3.05) is 0 Å². The first-order chi connectivity index (χ1) is 24.4. The van der Waals surface area contributed by atoms with Gasteiger partial charge in [-0.15, -0.1) is 0 Å². The molecule has 0 heterocycles. The molecular weight excluding hydrogens is 641 g/mol. The van der Waals surface area contributed by atoms with Crippen LogP contribution in [0.2, 0.25) is 0 Å². The SMILES string of the molecule is CC1=CC(C(C2=C(C)C(C)[C@H](O)[C@H](C)C2)[C@H]2CCC3CC=C(C(c4cc(C)c(O)c(C)c4C)C4CC(C)C(O)=C(C)[C@H]4C)C[C@H]3C2)[C@H](C)C(C)=C1O. The molecule has 4 nitrogen and oxygen atoms in total. The van der Waals surface area contributed by atoms with E-state index in [-0.39, 0.29) is 41.6 Å². The van der Waals surface area contributed by atoms with Gasteiger partial charge < -0.3 is 20.4 Å². The Balaban J connectivity index is 1.39. The third kappa shape index (κ3) is 6.66. The maximum absolute atomic E-state index is 11.2. The van der Waals surface area contributed by atoms with Crippen molar-refractivity contribution in [1.29, 1.82) is 0 Å². The molecule has 1 aromatic rings. The second-order valence-electron chi connectivity index (χ2n) is 18.8. The van der Waals surface area contributed by atoms with E-state index in [1.165, 1.54) is 36.0 Å². The molecule has 6 rings (SSSR count). The molecule has 1 aromatic carbocycles. The molecule has 1 fully saturated rings. The summed E-state index contributed by atoms with van der Waals surface area (Å²) in [6, 6.07) is 2.28. The molecule has 0 bridgehead atoms. The van der Waals surface area contributed by atoms with Crippen molar-refractivity contribution in [2.45, 2.75) is 140 Å². The van der Waals surface area contributed by atoms with Crippen LogP contribution in [-0.2, 0) is 0 Å². The Morgan fingerprint density at radius 1 is 0.731 bits per heavy atom. The number of aryl methyl sites for hydroxylation is 1. The van der Waals surface area contributed by atoms with Crippen LogP contribution in [0.15, 0.2) is 63.2 Å². The number of rotatable bonds is 6. The quantitative estimate of drug-likeness (QED) is 0.222. The summed E-state index contributed by atoms with van der Waals surface area (Å²) in [6.07, 6.45) is 12.6. The number of hydrogen-bond acceptors (Lipinski definition) is 4. The topological polar surface area (TPSA) is 80.9 Å². The predicted molar refractivity (Wildman–Crippen MR) is 215 cm³/mol. The van der Waals surface area contributed by atoms with Crippen LogP contribution in [0.5, 0.6) is 5.75 Å². The van der Waals surface area contributed by atoms with E-state index in [2.05, 4.69) is 94.4 Å². The largest absolute Gasteiger partial charge is 0.512 e. The molecular formula is C48H70O4. The number of phenolic OH excluding ortho intramolecular Hbond substituents is 1. The smallest absolute Gasteiger partial charge is 0.121 e. The molecule has 0 radical (unpaired) electrons. The second-order valence-corrected chi connectivity index (χ2v) is 18.8. The Morgan fingerprint density at radius 2 is 1.42 bits per heavy atom. The number of aromatic hydroxyl groups is 1. The van der Waals surface area contributed by atoms with E-state index < -0.39 is 0 Å². The minimum atomic E-state index is -0.296. The normalized spacial score (nSPS) is 37.1. The maximum Gasteiger partial charge on any atom is 0.121 e. The van der Waals surface area contributed by atoms with Gasteiger partial charge in [-0.1, -0.05) is 69.6 Å². The van der Waals surface area contributed by atoms with Gasteiger partial charge in [-0.2, -0.15) is 0 Å². The van der Waals surface area contributed by atoms with Crippen LogP contribution >= 0.6 is 0 Å². The zero-order valence-electron chi connectivity index (χ0n) is 34.5. The van der Waals surface area contributed by atoms with E-state index in [1.807, 2.05) is 6.92 Å². The Labute approximate surface area is 315 Å². The van der Waals surface area contributed by atoms with Crippen molar-refractivity contribution in [3.8, 4) is 5.75 Å². The number of phenols is 1. The van der Waals surface area contributed by atoms with E-state index >= 15 is 0 Å². The van der Waals surface area contributed by atoms with E-state index in [0.29, 0.717) is 52.8 Å². The fourth-order valence-corrected chi connectivity index (χ4v) is 12.1. The highest BCUT2D eigenvalue weighted by Crippen LogP contribution is 2.56. The molecule has 4 heteroatoms. The lowest BCUT2D eigenvalue weighted by molar-refractivity contribution is 0.0574. The average molecular weight is 711 g/mol. The van der Waals surface area contributed by atoms with Crippen molar-refractivity contribution >= 4 is 0 Å². The van der Waals surface area contributed by atoms with Gasteiger partial charge in [0.15, 0.2) is 0 Å². The fraction of sp³-hybridized carbons (Fsp3) is 0.667. The summed E-state index contributed by atoms with van der Waals surface area (Å²) in [5.41, 5.74) is 12.4. The van der Waals surface area contributed by atoms with E-state index in [9.17, 15) is 20.4 Å². The van der Waals surface area contributed by atoms with Crippen LogP contribution in [0.1, 0.15) is 135 Å². The van der Waals surface area contributed by atoms with Gasteiger partial charge in [0.25, 0.3) is 0 Å². The van der Waals surface area contributed by atoms with Gasteiger partial charge in [0, 0.05) is 17.8 Å². The summed E-state index contributed by atoms with van der Waals surface area (Å²) in [4.78, 5) is 0. The minimum Gasteiger partial charge on any atom is -0.512 e. The van der Waals surface area contributed by atoms with Crippen LogP contribution in [0, 0.1) is 85.9 Å². The van der Waals surface area contributed by atoms with Crippen LogP contribution in [-0.4, -0.2) is 26.5 Å². The van der Waals surface area contributed by atoms with Gasteiger partial charge in [0.2, 0.25) is 0 Å². The zero-order chi connectivity index (χ0) is 38.1. The standard InChI is InChI=1S/C48H70O4/c1-23-17-39(27(5)31(9)45(23)49)43(40-18-24(2)46(50)32(10)28(40)6)36-15-13-35-14-16-37(22-38(35)21-36)44(41-19-25(3)47(51)33(11)29(41)7)42-20-26(4)48(52)34(12)30(42)8/h15,17,19,24,26,28-29,34-35,37-38,40-41,43-44,48-52H,13-14,16,18,20-22H2,1-12H3/t24?,26-,28-,29-,34?,35?,37+,38+,40?,41?,43?,44?,48-/m1/s1. The second kappa shape index (κ2) is 14.8. The first-order valence-electron chi connectivity index (χ1n) is 20.8. The molecule has 13 atom stereocenters. The molecule has 0 aliphatic heterocycles. The van der Waals surface area contributed by atoms with E-state index in [1.54, 1.807) is 11.1 Å². The molecule has 1 saturated carbocycles. The first-order valence-corrected chi connectivity index (χ1v) is 20.8. The number of hydrogen-bond donors (Lipinski definition) is 4. The Bertz CT molecular complexity index is 1720. The van der Waals surface area contributed by atoms with Crippen LogP contribution in [0.25, 0.3) is 0 Å². The summed E-state index contributed by atoms with van der Waals surface area (Å²) in [5, 5.41) is 44.2. The molecule has 0 saturated heterocycles. The summed E-state index contributed by atoms with van der Waals surface area (Å²) in [6.45, 7) is 26.3. The highest BCUT2D eigenvalue weighted by Gasteiger charge is 2.46. The Morgan fingerprint density at radius 3 is 2.12 bits per heavy atom. The van der Waals surface area contributed by atoms with Gasteiger partial charge in [-0.25, -0.2) is 0 Å². The van der Waals surface area contributed by atoms with Crippen molar-refractivity contribution < 1.29 is 20.4 Å². The monoisotopic (exact) mass is 711 g/mol. The molecule has 0 spiro atoms. The number of aliphatic hydroxyl groups excluding tert-OH is 3. The molecule has 52 heavy (non-hydrogen) atoms. The van der Waals surface area contributed by atoms with Crippen molar-refractivity contribution in [3.63, 3.8) is 0 Å².